The van der Waals surface area contributed by atoms with E-state index in [0.717, 1.165) is 16.7 Å². The van der Waals surface area contributed by atoms with Gasteiger partial charge in [-0.25, -0.2) is 4.79 Å². The first kappa shape index (κ1) is 25.4. The zero-order chi connectivity index (χ0) is 24.9. The second kappa shape index (κ2) is 10.8. The van der Waals surface area contributed by atoms with Crippen molar-refractivity contribution in [2.75, 3.05) is 26.2 Å². The highest BCUT2D eigenvalue weighted by Gasteiger charge is 2.26. The van der Waals surface area contributed by atoms with Gasteiger partial charge in [-0.1, -0.05) is 24.3 Å². The van der Waals surface area contributed by atoms with E-state index >= 15 is 0 Å². The molecule has 1 aliphatic heterocycles. The Labute approximate surface area is 202 Å². The normalized spacial score (nSPS) is 14.6. The van der Waals surface area contributed by atoms with E-state index in [1.165, 1.54) is 0 Å². The van der Waals surface area contributed by atoms with Crippen molar-refractivity contribution in [2.45, 2.75) is 45.8 Å². The number of benzene rings is 2. The monoisotopic (exact) mass is 464 g/mol. The number of hydrogen-bond acceptors (Lipinski definition) is 5. The zero-order valence-corrected chi connectivity index (χ0v) is 20.5. The Kier molecular flexibility index (Phi) is 8.05. The van der Waals surface area contributed by atoms with Gasteiger partial charge in [-0.2, -0.15) is 0 Å². The van der Waals surface area contributed by atoms with Gasteiger partial charge in [0.05, 0.1) is 0 Å². The van der Waals surface area contributed by atoms with Gasteiger partial charge in [0.1, 0.15) is 17.1 Å². The standard InChI is InChI=1S/C28H36N2O4/c1-6-8-20-10-11-25(31)23(17-20)24-18-21(9-7-2)16-22(26(24)32)19-29-12-14-30(15-13-29)27(33)34-28(3,4)5/h6-7,10-11,16-18,31-32H,1-2,8-9,12-15,19H2,3-5H3. The third-order valence-corrected chi connectivity index (χ3v) is 5.78. The molecule has 6 heteroatoms. The summed E-state index contributed by atoms with van der Waals surface area (Å²) in [6.45, 7) is 16.3. The molecular weight excluding hydrogens is 428 g/mol. The van der Waals surface area contributed by atoms with Crippen LogP contribution in [0, 0.1) is 0 Å². The van der Waals surface area contributed by atoms with Crippen molar-refractivity contribution in [3.63, 3.8) is 0 Å². The summed E-state index contributed by atoms with van der Waals surface area (Å²) >= 11 is 0. The zero-order valence-electron chi connectivity index (χ0n) is 20.5. The maximum Gasteiger partial charge on any atom is 0.410 e. The predicted octanol–water partition coefficient (Wildman–Crippen LogP) is 5.27. The summed E-state index contributed by atoms with van der Waals surface area (Å²) in [5.41, 5.74) is 3.49. The summed E-state index contributed by atoms with van der Waals surface area (Å²) in [7, 11) is 0. The lowest BCUT2D eigenvalue weighted by atomic mass is 9.94. The molecule has 1 heterocycles. The molecule has 2 aromatic rings. The molecule has 1 aliphatic rings. The van der Waals surface area contributed by atoms with Gasteiger partial charge in [-0.15, -0.1) is 13.2 Å². The summed E-state index contributed by atoms with van der Waals surface area (Å²) in [6, 6.07) is 9.31. The fourth-order valence-electron chi connectivity index (χ4n) is 4.12. The summed E-state index contributed by atoms with van der Waals surface area (Å²) in [5.74, 6) is 0.282. The van der Waals surface area contributed by atoms with Crippen LogP contribution >= 0.6 is 0 Å². The molecule has 0 radical (unpaired) electrons. The fraction of sp³-hybridized carbons (Fsp3) is 0.393. The van der Waals surface area contributed by atoms with E-state index in [4.69, 9.17) is 4.74 Å². The highest BCUT2D eigenvalue weighted by molar-refractivity contribution is 5.78. The molecule has 182 valence electrons. The lowest BCUT2D eigenvalue weighted by Crippen LogP contribution is -2.49. The van der Waals surface area contributed by atoms with Gasteiger partial charge in [-0.05, 0) is 62.9 Å². The first-order chi connectivity index (χ1) is 16.1. The van der Waals surface area contributed by atoms with Crippen molar-refractivity contribution in [2.24, 2.45) is 0 Å². The van der Waals surface area contributed by atoms with Gasteiger partial charge in [-0.3, -0.25) is 4.90 Å². The van der Waals surface area contributed by atoms with Crippen LogP contribution in [0.2, 0.25) is 0 Å². The van der Waals surface area contributed by atoms with Gasteiger partial charge in [0.2, 0.25) is 0 Å². The quantitative estimate of drug-likeness (QED) is 0.546. The van der Waals surface area contributed by atoms with Crippen LogP contribution < -0.4 is 0 Å². The van der Waals surface area contributed by atoms with Gasteiger partial charge in [0.15, 0.2) is 0 Å². The summed E-state index contributed by atoms with van der Waals surface area (Å²) in [5, 5.41) is 21.8. The second-order valence-electron chi connectivity index (χ2n) is 9.73. The molecular formula is C28H36N2O4. The van der Waals surface area contributed by atoms with Crippen LogP contribution in [0.25, 0.3) is 11.1 Å². The van der Waals surface area contributed by atoms with Crippen molar-refractivity contribution in [1.29, 1.82) is 0 Å². The molecule has 2 N–H and O–H groups in total. The molecule has 0 saturated carbocycles. The van der Waals surface area contributed by atoms with Crippen LogP contribution in [0.1, 0.15) is 37.5 Å². The molecule has 34 heavy (non-hydrogen) atoms. The highest BCUT2D eigenvalue weighted by Crippen LogP contribution is 2.39. The maximum atomic E-state index is 12.4. The number of ether oxygens (including phenoxy) is 1. The van der Waals surface area contributed by atoms with Crippen LogP contribution in [0.15, 0.2) is 55.6 Å². The molecule has 0 bridgehead atoms. The van der Waals surface area contributed by atoms with E-state index in [-0.39, 0.29) is 17.6 Å². The number of carbonyl (C=O) groups excluding carboxylic acids is 1. The highest BCUT2D eigenvalue weighted by atomic mass is 16.6. The Morgan fingerprint density at radius 2 is 1.59 bits per heavy atom. The van der Waals surface area contributed by atoms with E-state index in [2.05, 4.69) is 18.1 Å². The van der Waals surface area contributed by atoms with Gasteiger partial charge >= 0.3 is 6.09 Å². The maximum absolute atomic E-state index is 12.4. The van der Waals surface area contributed by atoms with Gasteiger partial charge in [0.25, 0.3) is 0 Å². The molecule has 0 aromatic heterocycles. The molecule has 3 rings (SSSR count). The van der Waals surface area contributed by atoms with E-state index in [0.29, 0.717) is 56.7 Å². The SMILES string of the molecule is C=CCc1ccc(O)c(-c2cc(CC=C)cc(CN3CCN(C(=O)OC(C)(C)C)CC3)c2O)c1. The molecule has 0 aliphatic carbocycles. The van der Waals surface area contributed by atoms with Crippen molar-refractivity contribution in [1.82, 2.24) is 9.80 Å². The van der Waals surface area contributed by atoms with Gasteiger partial charge in [0, 0.05) is 49.4 Å². The Balaban J connectivity index is 1.83. The summed E-state index contributed by atoms with van der Waals surface area (Å²) < 4.78 is 5.48. The van der Waals surface area contributed by atoms with E-state index in [1.54, 1.807) is 11.0 Å². The van der Waals surface area contributed by atoms with Crippen LogP contribution in [-0.4, -0.2) is 57.9 Å². The van der Waals surface area contributed by atoms with E-state index in [1.807, 2.05) is 57.2 Å². The molecule has 1 fully saturated rings. The third-order valence-electron chi connectivity index (χ3n) is 5.78. The number of allylic oxidation sites excluding steroid dienone is 2. The fourth-order valence-corrected chi connectivity index (χ4v) is 4.12. The number of hydrogen-bond donors (Lipinski definition) is 2. The largest absolute Gasteiger partial charge is 0.507 e. The second-order valence-corrected chi connectivity index (χ2v) is 9.73. The molecule has 1 amide bonds. The Hall–Kier alpha value is -3.25. The van der Waals surface area contributed by atoms with E-state index in [9.17, 15) is 15.0 Å². The number of nitrogens with zero attached hydrogens (tertiary/aromatic N) is 2. The minimum Gasteiger partial charge on any atom is -0.507 e. The number of phenolic OH excluding ortho intramolecular Hbond substituents is 2. The van der Waals surface area contributed by atoms with Crippen molar-refractivity contribution in [3.05, 3.63) is 72.3 Å². The average molecular weight is 465 g/mol. The molecule has 0 spiro atoms. The minimum atomic E-state index is -0.517. The number of aromatic hydroxyl groups is 2. The molecule has 2 aromatic carbocycles. The van der Waals surface area contributed by atoms with Crippen LogP contribution in [0.5, 0.6) is 11.5 Å². The first-order valence-corrected chi connectivity index (χ1v) is 11.7. The number of rotatable bonds is 7. The van der Waals surface area contributed by atoms with Crippen LogP contribution in [0.3, 0.4) is 0 Å². The predicted molar refractivity (Wildman–Crippen MR) is 136 cm³/mol. The van der Waals surface area contributed by atoms with Crippen molar-refractivity contribution in [3.8, 4) is 22.6 Å². The number of amides is 1. The van der Waals surface area contributed by atoms with Crippen LogP contribution in [-0.2, 0) is 24.1 Å². The summed E-state index contributed by atoms with van der Waals surface area (Å²) in [4.78, 5) is 16.3. The number of carbonyl (C=O) groups is 1. The third kappa shape index (κ3) is 6.41. The Morgan fingerprint density at radius 1 is 0.971 bits per heavy atom. The van der Waals surface area contributed by atoms with E-state index < -0.39 is 5.60 Å². The summed E-state index contributed by atoms with van der Waals surface area (Å²) in [6.07, 6.45) is 4.68. The number of phenols is 2. The number of piperazine rings is 1. The smallest absolute Gasteiger partial charge is 0.410 e. The molecule has 0 atom stereocenters. The lowest BCUT2D eigenvalue weighted by molar-refractivity contribution is 0.0138. The van der Waals surface area contributed by atoms with Crippen molar-refractivity contribution >= 4 is 6.09 Å². The minimum absolute atomic E-state index is 0.121. The average Bonchev–Trinajstić information content (AvgIpc) is 2.77. The lowest BCUT2D eigenvalue weighted by Gasteiger charge is -2.35. The Bertz CT molecular complexity index is 1050. The molecule has 6 nitrogen and oxygen atoms in total. The molecule has 0 unspecified atom stereocenters. The topological polar surface area (TPSA) is 73.2 Å². The first-order valence-electron chi connectivity index (χ1n) is 11.7. The Morgan fingerprint density at radius 3 is 2.21 bits per heavy atom. The van der Waals surface area contributed by atoms with Crippen molar-refractivity contribution < 1.29 is 19.7 Å². The van der Waals surface area contributed by atoms with Gasteiger partial charge < -0.3 is 19.8 Å². The van der Waals surface area contributed by atoms with Crippen LogP contribution in [0.4, 0.5) is 4.79 Å². The molecule has 1 saturated heterocycles.